The first-order valence-electron chi connectivity index (χ1n) is 6.25. The molecule has 1 N–H and O–H groups in total. The SMILES string of the molecule is [2H]C([2H])(O)C([2H])([2H])C([2H])([2H])n1c([N+](=O)[O-])cnc1C. The predicted octanol–water partition coefficient (Wildman–Crippen LogP) is 0.482. The maximum absolute atomic E-state index is 10.8. The number of rotatable bonds is 4. The van der Waals surface area contributed by atoms with E-state index < -0.39 is 30.2 Å². The molecule has 72 valence electrons. The standard InChI is InChI=1S/C7H11N3O3/c1-6-8-5-7(10(12)13)9(6)3-2-4-11/h5,11H,2-4H2,1H3/i2D2,3D2,4D2. The van der Waals surface area contributed by atoms with Crippen molar-refractivity contribution < 1.29 is 18.3 Å². The zero-order valence-electron chi connectivity index (χ0n) is 12.7. The minimum absolute atomic E-state index is 0.218. The van der Waals surface area contributed by atoms with Gasteiger partial charge >= 0.3 is 5.82 Å². The molecule has 1 aromatic rings. The molecule has 0 fully saturated rings. The first kappa shape index (κ1) is 4.19. The topological polar surface area (TPSA) is 81.2 Å². The Morgan fingerprint density at radius 1 is 1.92 bits per heavy atom. The average Bonchev–Trinajstić information content (AvgIpc) is 2.58. The molecule has 0 saturated carbocycles. The van der Waals surface area contributed by atoms with Gasteiger partial charge in [0.2, 0.25) is 0 Å². The van der Waals surface area contributed by atoms with Gasteiger partial charge in [-0.15, -0.1) is 0 Å². The predicted molar refractivity (Wildman–Crippen MR) is 45.3 cm³/mol. The van der Waals surface area contributed by atoms with Crippen molar-refractivity contribution in [3.05, 3.63) is 22.1 Å². The Hall–Kier alpha value is -1.43. The van der Waals surface area contributed by atoms with Crippen molar-refractivity contribution in [2.75, 3.05) is 6.56 Å². The van der Waals surface area contributed by atoms with E-state index in [2.05, 4.69) is 4.98 Å². The van der Waals surface area contributed by atoms with Crippen molar-refractivity contribution in [1.29, 1.82) is 0 Å². The summed E-state index contributed by atoms with van der Waals surface area (Å²) in [6, 6.07) is 0. The van der Waals surface area contributed by atoms with Crippen molar-refractivity contribution in [2.45, 2.75) is 19.8 Å². The van der Waals surface area contributed by atoms with Crippen molar-refractivity contribution in [1.82, 2.24) is 9.55 Å². The number of nitrogens with zero attached hydrogens (tertiary/aromatic N) is 3. The molecule has 0 spiro atoms. The lowest BCUT2D eigenvalue weighted by molar-refractivity contribution is -0.392. The highest BCUT2D eigenvalue weighted by Crippen LogP contribution is 2.13. The van der Waals surface area contributed by atoms with Gasteiger partial charge in [-0.05, 0) is 4.92 Å². The number of hydrogen-bond donors (Lipinski definition) is 1. The van der Waals surface area contributed by atoms with Crippen LogP contribution in [0.2, 0.25) is 0 Å². The van der Waals surface area contributed by atoms with Crippen LogP contribution >= 0.6 is 0 Å². The lowest BCUT2D eigenvalue weighted by atomic mass is 10.4. The van der Waals surface area contributed by atoms with Crippen LogP contribution in [-0.2, 0) is 6.50 Å². The fourth-order valence-corrected chi connectivity index (χ4v) is 0.780. The maximum Gasteiger partial charge on any atom is 0.342 e. The highest BCUT2D eigenvalue weighted by atomic mass is 16.6. The highest BCUT2D eigenvalue weighted by molar-refractivity contribution is 5.18. The highest BCUT2D eigenvalue weighted by Gasteiger charge is 2.15. The van der Waals surface area contributed by atoms with E-state index >= 15 is 0 Å². The molecular formula is C7H11N3O3. The number of nitro groups is 1. The molecule has 0 aliphatic carbocycles. The van der Waals surface area contributed by atoms with Gasteiger partial charge in [0, 0.05) is 22.6 Å². The van der Waals surface area contributed by atoms with Gasteiger partial charge in [-0.1, -0.05) is 0 Å². The Labute approximate surface area is 83.4 Å². The Morgan fingerprint density at radius 3 is 3.15 bits per heavy atom. The molecule has 0 unspecified atom stereocenters. The van der Waals surface area contributed by atoms with Gasteiger partial charge in [-0.3, -0.25) is 0 Å². The fourth-order valence-electron chi connectivity index (χ4n) is 0.780. The number of imidazole rings is 1. The van der Waals surface area contributed by atoms with Crippen LogP contribution < -0.4 is 0 Å². The molecule has 0 bridgehead atoms. The van der Waals surface area contributed by atoms with E-state index in [-0.39, 0.29) is 5.82 Å². The van der Waals surface area contributed by atoms with E-state index in [0.717, 1.165) is 6.20 Å². The van der Waals surface area contributed by atoms with Crippen LogP contribution in [0.4, 0.5) is 5.82 Å². The summed E-state index contributed by atoms with van der Waals surface area (Å²) in [7, 11) is 0. The largest absolute Gasteiger partial charge is 0.396 e. The number of aryl methyl sites for hydroxylation is 1. The van der Waals surface area contributed by atoms with Crippen LogP contribution in [0.1, 0.15) is 20.4 Å². The van der Waals surface area contributed by atoms with E-state index in [9.17, 15) is 10.1 Å². The van der Waals surface area contributed by atoms with E-state index in [1.807, 2.05) is 0 Å². The second-order valence-electron chi connectivity index (χ2n) is 2.10. The van der Waals surface area contributed by atoms with E-state index in [4.69, 9.17) is 13.3 Å². The van der Waals surface area contributed by atoms with Crippen molar-refractivity contribution in [2.24, 2.45) is 0 Å². The smallest absolute Gasteiger partial charge is 0.342 e. The molecule has 6 heteroatoms. The third-order valence-corrected chi connectivity index (χ3v) is 1.33. The Balaban J connectivity index is 3.52. The molecule has 0 aliphatic rings. The third-order valence-electron chi connectivity index (χ3n) is 1.33. The van der Waals surface area contributed by atoms with Gasteiger partial charge in [0.05, 0.1) is 12.0 Å². The van der Waals surface area contributed by atoms with Gasteiger partial charge < -0.3 is 15.2 Å². The van der Waals surface area contributed by atoms with Crippen molar-refractivity contribution >= 4 is 5.82 Å². The molecule has 0 saturated heterocycles. The fraction of sp³-hybridized carbons (Fsp3) is 0.571. The summed E-state index contributed by atoms with van der Waals surface area (Å²) >= 11 is 0. The van der Waals surface area contributed by atoms with Crippen LogP contribution in [-0.4, -0.2) is 26.1 Å². The maximum atomic E-state index is 10.8. The van der Waals surface area contributed by atoms with Crippen molar-refractivity contribution in [3.63, 3.8) is 0 Å². The quantitative estimate of drug-likeness (QED) is 0.554. The Morgan fingerprint density at radius 2 is 2.62 bits per heavy atom. The van der Waals surface area contributed by atoms with Gasteiger partial charge in [0.1, 0.15) is 6.20 Å². The third kappa shape index (κ3) is 2.03. The van der Waals surface area contributed by atoms with Gasteiger partial charge in [0.25, 0.3) is 0 Å². The normalized spacial score (nSPS) is 20.5. The number of hydrogen-bond acceptors (Lipinski definition) is 4. The number of aliphatic hydroxyl groups is 1. The van der Waals surface area contributed by atoms with Gasteiger partial charge in [-0.25, -0.2) is 9.55 Å². The second kappa shape index (κ2) is 3.99. The molecular weight excluding hydrogens is 174 g/mol. The summed E-state index contributed by atoms with van der Waals surface area (Å²) < 4.78 is 44.2. The minimum Gasteiger partial charge on any atom is -0.396 e. The average molecular weight is 191 g/mol. The van der Waals surface area contributed by atoms with Crippen LogP contribution in [0.3, 0.4) is 0 Å². The Bertz CT molecular complexity index is 509. The minimum atomic E-state index is -3.54. The molecule has 0 atom stereocenters. The van der Waals surface area contributed by atoms with Gasteiger partial charge in [-0.2, -0.15) is 0 Å². The van der Waals surface area contributed by atoms with E-state index in [1.54, 1.807) is 0 Å². The van der Waals surface area contributed by atoms with Gasteiger partial charge in [0.15, 0.2) is 5.82 Å². The summed E-state index contributed by atoms with van der Waals surface area (Å²) in [6.07, 6.45) is -2.70. The summed E-state index contributed by atoms with van der Waals surface area (Å²) in [4.78, 5) is 13.3. The molecule has 1 rings (SSSR count). The molecule has 1 heterocycles. The Kier molecular flexibility index (Phi) is 1.29. The summed E-state index contributed by atoms with van der Waals surface area (Å²) in [5.41, 5.74) is 0. The monoisotopic (exact) mass is 191 g/mol. The lowest BCUT2D eigenvalue weighted by Gasteiger charge is -2.00. The molecule has 0 aliphatic heterocycles. The first-order valence-corrected chi connectivity index (χ1v) is 3.25. The molecule has 0 amide bonds. The van der Waals surface area contributed by atoms with Crippen LogP contribution in [0, 0.1) is 17.0 Å². The second-order valence-corrected chi connectivity index (χ2v) is 2.10. The lowest BCUT2D eigenvalue weighted by Crippen LogP contribution is -2.06. The van der Waals surface area contributed by atoms with E-state index in [0.29, 0.717) is 4.57 Å². The van der Waals surface area contributed by atoms with Crippen molar-refractivity contribution in [3.8, 4) is 0 Å². The zero-order chi connectivity index (χ0) is 15.2. The van der Waals surface area contributed by atoms with E-state index in [1.165, 1.54) is 6.92 Å². The molecule has 13 heavy (non-hydrogen) atoms. The first-order chi connectivity index (χ1) is 8.34. The summed E-state index contributed by atoms with van der Waals surface area (Å²) in [5.74, 6) is -1.06. The molecule has 0 radical (unpaired) electrons. The van der Waals surface area contributed by atoms with Crippen LogP contribution in [0.25, 0.3) is 0 Å². The van der Waals surface area contributed by atoms with Crippen LogP contribution in [0.15, 0.2) is 6.20 Å². The molecule has 0 aromatic carbocycles. The molecule has 1 aromatic heterocycles. The number of aromatic nitrogens is 2. The summed E-state index contributed by atoms with van der Waals surface area (Å²) in [5, 5.41) is 19.9. The van der Waals surface area contributed by atoms with Crippen LogP contribution in [0.5, 0.6) is 0 Å². The zero-order valence-corrected chi connectivity index (χ0v) is 6.68. The summed E-state index contributed by atoms with van der Waals surface area (Å²) in [6.45, 7) is -5.55. The molecule has 6 nitrogen and oxygen atoms in total.